The summed E-state index contributed by atoms with van der Waals surface area (Å²) in [5.41, 5.74) is 1.49. The Balaban J connectivity index is 1.36. The van der Waals surface area contributed by atoms with Crippen molar-refractivity contribution in [2.45, 2.75) is 19.3 Å². The highest BCUT2D eigenvalue weighted by Gasteiger charge is 2.27. The van der Waals surface area contributed by atoms with Crippen molar-refractivity contribution < 1.29 is 13.9 Å². The number of hydrogen-bond donors (Lipinski definition) is 1. The van der Waals surface area contributed by atoms with Gasteiger partial charge in [0, 0.05) is 19.6 Å². The van der Waals surface area contributed by atoms with Gasteiger partial charge in [0.1, 0.15) is 17.1 Å². The van der Waals surface area contributed by atoms with E-state index in [9.17, 15) is 9.18 Å². The molecular weight excluding hydrogens is 389 g/mol. The molecule has 7 heteroatoms. The van der Waals surface area contributed by atoms with Crippen LogP contribution in [0.4, 0.5) is 9.52 Å². The van der Waals surface area contributed by atoms with Crippen LogP contribution >= 0.6 is 11.3 Å². The molecule has 5 nitrogen and oxygen atoms in total. The van der Waals surface area contributed by atoms with Gasteiger partial charge in [0.05, 0.1) is 17.7 Å². The number of nitrogens with one attached hydrogen (secondary N) is 1. The molecule has 152 valence electrons. The van der Waals surface area contributed by atoms with Crippen molar-refractivity contribution in [2.24, 2.45) is 5.92 Å². The van der Waals surface area contributed by atoms with Crippen LogP contribution in [-0.2, 0) is 11.2 Å². The number of nitrogens with zero attached hydrogens (tertiary/aromatic N) is 2. The molecule has 29 heavy (non-hydrogen) atoms. The number of para-hydroxylation sites is 2. The van der Waals surface area contributed by atoms with Crippen molar-refractivity contribution in [3.63, 3.8) is 0 Å². The van der Waals surface area contributed by atoms with Crippen molar-refractivity contribution in [1.82, 2.24) is 10.3 Å². The Labute approximate surface area is 173 Å². The smallest absolute Gasteiger partial charge is 0.224 e. The summed E-state index contributed by atoms with van der Waals surface area (Å²) in [6.45, 7) is 2.02. The van der Waals surface area contributed by atoms with E-state index < -0.39 is 0 Å². The highest BCUT2D eigenvalue weighted by molar-refractivity contribution is 7.22. The van der Waals surface area contributed by atoms with Crippen LogP contribution < -0.4 is 15.0 Å². The average molecular weight is 414 g/mol. The van der Waals surface area contributed by atoms with Gasteiger partial charge in [-0.15, -0.1) is 0 Å². The van der Waals surface area contributed by atoms with Gasteiger partial charge < -0.3 is 15.0 Å². The molecule has 4 rings (SSSR count). The molecule has 0 bridgehead atoms. The van der Waals surface area contributed by atoms with E-state index in [0.717, 1.165) is 47.0 Å². The molecule has 1 fully saturated rings. The third kappa shape index (κ3) is 4.34. The number of fused-ring (bicyclic) bond motifs is 1. The van der Waals surface area contributed by atoms with Crippen LogP contribution in [0.1, 0.15) is 18.4 Å². The van der Waals surface area contributed by atoms with E-state index in [4.69, 9.17) is 4.74 Å². The fourth-order valence-corrected chi connectivity index (χ4v) is 4.79. The number of amides is 1. The number of hydrogen-bond acceptors (Lipinski definition) is 5. The van der Waals surface area contributed by atoms with Gasteiger partial charge in [-0.1, -0.05) is 35.6 Å². The van der Waals surface area contributed by atoms with E-state index in [1.165, 1.54) is 17.4 Å². The zero-order valence-electron chi connectivity index (χ0n) is 16.4. The van der Waals surface area contributed by atoms with Crippen LogP contribution in [-0.4, -0.2) is 37.6 Å². The minimum absolute atomic E-state index is 0.0666. The highest BCUT2D eigenvalue weighted by atomic mass is 32.1. The van der Waals surface area contributed by atoms with Gasteiger partial charge >= 0.3 is 0 Å². The maximum absolute atomic E-state index is 14.0. The molecule has 0 radical (unpaired) electrons. The first-order chi connectivity index (χ1) is 14.2. The molecule has 2 heterocycles. The van der Waals surface area contributed by atoms with Crippen LogP contribution in [0.2, 0.25) is 0 Å². The van der Waals surface area contributed by atoms with Gasteiger partial charge in [0.15, 0.2) is 5.13 Å². The van der Waals surface area contributed by atoms with Crippen LogP contribution in [0.3, 0.4) is 0 Å². The molecule has 3 aromatic rings. The topological polar surface area (TPSA) is 54.5 Å². The fraction of sp³-hybridized carbons (Fsp3) is 0.364. The molecule has 1 saturated heterocycles. The summed E-state index contributed by atoms with van der Waals surface area (Å²) in [6, 6.07) is 12.9. The number of piperidine rings is 1. The maximum atomic E-state index is 14.0. The third-order valence-corrected chi connectivity index (χ3v) is 6.39. The van der Waals surface area contributed by atoms with Gasteiger partial charge in [-0.3, -0.25) is 4.79 Å². The summed E-state index contributed by atoms with van der Waals surface area (Å²) in [5.74, 6) is 0.525. The SMILES string of the molecule is COc1ccccc1CCNC(=O)C1CCCN(c2nc3c(F)cccc3s2)C1. The van der Waals surface area contributed by atoms with Crippen LogP contribution in [0.5, 0.6) is 5.75 Å². The third-order valence-electron chi connectivity index (χ3n) is 5.31. The van der Waals surface area contributed by atoms with Crippen LogP contribution in [0.25, 0.3) is 10.2 Å². The number of benzene rings is 2. The Kier molecular flexibility index (Phi) is 5.94. The summed E-state index contributed by atoms with van der Waals surface area (Å²) in [7, 11) is 1.65. The number of carbonyl (C=O) groups is 1. The van der Waals surface area contributed by atoms with Crippen LogP contribution in [0.15, 0.2) is 42.5 Å². The van der Waals surface area contributed by atoms with Crippen LogP contribution in [0, 0.1) is 11.7 Å². The first kappa shape index (κ1) is 19.6. The van der Waals surface area contributed by atoms with E-state index in [1.54, 1.807) is 13.2 Å². The Morgan fingerprint density at radius 1 is 1.31 bits per heavy atom. The Bertz CT molecular complexity index is 1010. The minimum atomic E-state index is -0.298. The number of halogens is 1. The lowest BCUT2D eigenvalue weighted by atomic mass is 9.97. The molecule has 0 spiro atoms. The molecule has 1 aliphatic heterocycles. The lowest BCUT2D eigenvalue weighted by molar-refractivity contribution is -0.125. The standard InChI is InChI=1S/C22H24FN3O2S/c1-28-18-9-3-2-6-15(18)11-12-24-21(27)16-7-5-13-26(14-16)22-25-20-17(23)8-4-10-19(20)29-22/h2-4,6,8-10,16H,5,7,11-14H2,1H3,(H,24,27). The second-order valence-corrected chi connectivity index (χ2v) is 8.23. The molecule has 0 aliphatic carbocycles. The maximum Gasteiger partial charge on any atom is 0.224 e. The van der Waals surface area contributed by atoms with Crippen molar-refractivity contribution in [1.29, 1.82) is 0 Å². The number of anilines is 1. The molecule has 1 aliphatic rings. The van der Waals surface area contributed by atoms with E-state index in [0.29, 0.717) is 18.6 Å². The van der Waals surface area contributed by atoms with E-state index >= 15 is 0 Å². The lowest BCUT2D eigenvalue weighted by Crippen LogP contribution is -2.43. The fourth-order valence-electron chi connectivity index (χ4n) is 3.78. The quantitative estimate of drug-likeness (QED) is 0.663. The number of rotatable bonds is 6. The normalized spacial score (nSPS) is 16.8. The molecule has 1 N–H and O–H groups in total. The average Bonchev–Trinajstić information content (AvgIpc) is 3.20. The second-order valence-electron chi connectivity index (χ2n) is 7.22. The molecule has 1 amide bonds. The van der Waals surface area contributed by atoms with E-state index in [2.05, 4.69) is 15.2 Å². The predicted octanol–water partition coefficient (Wildman–Crippen LogP) is 4.02. The number of methoxy groups -OCH3 is 1. The molecule has 2 aromatic carbocycles. The highest BCUT2D eigenvalue weighted by Crippen LogP contribution is 2.32. The van der Waals surface area contributed by atoms with Gasteiger partial charge in [0.2, 0.25) is 5.91 Å². The minimum Gasteiger partial charge on any atom is -0.496 e. The Hall–Kier alpha value is -2.67. The van der Waals surface area contributed by atoms with Crippen molar-refractivity contribution in [3.05, 3.63) is 53.8 Å². The second kappa shape index (κ2) is 8.78. The van der Waals surface area contributed by atoms with E-state index in [1.807, 2.05) is 30.3 Å². The number of thiazole rings is 1. The van der Waals surface area contributed by atoms with E-state index in [-0.39, 0.29) is 17.6 Å². The number of carbonyl (C=O) groups excluding carboxylic acids is 1. The number of aromatic nitrogens is 1. The summed E-state index contributed by atoms with van der Waals surface area (Å²) in [5, 5.41) is 3.85. The Morgan fingerprint density at radius 3 is 3.00 bits per heavy atom. The first-order valence-electron chi connectivity index (χ1n) is 9.85. The lowest BCUT2D eigenvalue weighted by Gasteiger charge is -2.31. The van der Waals surface area contributed by atoms with Gasteiger partial charge in [0.25, 0.3) is 0 Å². The van der Waals surface area contributed by atoms with Crippen molar-refractivity contribution in [3.8, 4) is 5.75 Å². The zero-order chi connectivity index (χ0) is 20.2. The van der Waals surface area contributed by atoms with Crippen molar-refractivity contribution in [2.75, 3.05) is 31.6 Å². The van der Waals surface area contributed by atoms with Gasteiger partial charge in [-0.05, 0) is 43.0 Å². The summed E-state index contributed by atoms with van der Waals surface area (Å²) < 4.78 is 20.2. The monoisotopic (exact) mass is 413 g/mol. The van der Waals surface area contributed by atoms with Gasteiger partial charge in [-0.2, -0.15) is 0 Å². The zero-order valence-corrected chi connectivity index (χ0v) is 17.2. The van der Waals surface area contributed by atoms with Gasteiger partial charge in [-0.25, -0.2) is 9.37 Å². The molecule has 0 saturated carbocycles. The molecule has 1 unspecified atom stereocenters. The predicted molar refractivity (Wildman–Crippen MR) is 114 cm³/mol. The Morgan fingerprint density at radius 2 is 2.17 bits per heavy atom. The first-order valence-corrected chi connectivity index (χ1v) is 10.7. The largest absolute Gasteiger partial charge is 0.496 e. The van der Waals surface area contributed by atoms with Crippen molar-refractivity contribution >= 4 is 32.6 Å². The summed E-state index contributed by atoms with van der Waals surface area (Å²) in [4.78, 5) is 19.3. The molecular formula is C22H24FN3O2S. The molecule has 1 atom stereocenters. The summed E-state index contributed by atoms with van der Waals surface area (Å²) >= 11 is 1.48. The molecule has 1 aromatic heterocycles. The summed E-state index contributed by atoms with van der Waals surface area (Å²) in [6.07, 6.45) is 2.50. The number of ether oxygens (including phenoxy) is 1.